The summed E-state index contributed by atoms with van der Waals surface area (Å²) >= 11 is 0. The fraction of sp³-hybridized carbons (Fsp3) is 0.222. The fourth-order valence-corrected chi connectivity index (χ4v) is 2.31. The molecule has 2 rings (SSSR count). The summed E-state index contributed by atoms with van der Waals surface area (Å²) in [6.45, 7) is 0.668. The maximum absolute atomic E-state index is 11.5. The van der Waals surface area contributed by atoms with Crippen molar-refractivity contribution in [3.63, 3.8) is 0 Å². The summed E-state index contributed by atoms with van der Waals surface area (Å²) in [5, 5.41) is 0. The molecule has 2 nitrogen and oxygen atoms in total. The maximum Gasteiger partial charge on any atom is 0.0554 e. The number of rotatable bonds is 0. The van der Waals surface area contributed by atoms with E-state index in [4.69, 9.17) is 0 Å². The Morgan fingerprint density at radius 1 is 1.33 bits per heavy atom. The lowest BCUT2D eigenvalue weighted by Gasteiger charge is -1.99. The Morgan fingerprint density at radius 3 is 3.08 bits per heavy atom. The lowest BCUT2D eigenvalue weighted by atomic mass is 10.2. The number of hydrogen-bond donors (Lipinski definition) is 0. The number of hydrogen-bond acceptors (Lipinski definition) is 2. The molecule has 0 spiro atoms. The first-order valence-electron chi connectivity index (χ1n) is 3.85. The van der Waals surface area contributed by atoms with Crippen molar-refractivity contribution in [1.82, 2.24) is 0 Å². The highest BCUT2D eigenvalue weighted by Crippen LogP contribution is 2.13. The van der Waals surface area contributed by atoms with Crippen LogP contribution in [0.25, 0.3) is 0 Å². The third kappa shape index (κ3) is 1.32. The molecule has 0 fully saturated rings. The van der Waals surface area contributed by atoms with Crippen molar-refractivity contribution >= 4 is 17.0 Å². The van der Waals surface area contributed by atoms with Crippen molar-refractivity contribution in [2.45, 2.75) is 4.90 Å². The summed E-state index contributed by atoms with van der Waals surface area (Å²) in [6.07, 6.45) is 1.81. The normalized spacial score (nSPS) is 21.5. The van der Waals surface area contributed by atoms with E-state index in [1.165, 1.54) is 0 Å². The minimum Gasteiger partial charge on any atom is -0.292 e. The van der Waals surface area contributed by atoms with Gasteiger partial charge in [-0.05, 0) is 6.07 Å². The van der Waals surface area contributed by atoms with Gasteiger partial charge in [0, 0.05) is 22.4 Å². The van der Waals surface area contributed by atoms with E-state index in [2.05, 4.69) is 4.99 Å². The molecular formula is C9H9NOS. The van der Waals surface area contributed by atoms with Crippen molar-refractivity contribution in [2.24, 2.45) is 4.99 Å². The third-order valence-electron chi connectivity index (χ3n) is 1.80. The SMILES string of the molecule is O=S1CCN=Cc2ccccc21. The van der Waals surface area contributed by atoms with E-state index in [0.717, 1.165) is 10.5 Å². The molecule has 0 aromatic heterocycles. The first-order valence-corrected chi connectivity index (χ1v) is 5.17. The second kappa shape index (κ2) is 3.19. The number of nitrogens with zero attached hydrogens (tertiary/aromatic N) is 1. The van der Waals surface area contributed by atoms with Crippen molar-refractivity contribution in [3.8, 4) is 0 Å². The fourth-order valence-electron chi connectivity index (χ4n) is 1.20. The molecule has 0 saturated heterocycles. The van der Waals surface area contributed by atoms with E-state index in [1.54, 1.807) is 6.21 Å². The van der Waals surface area contributed by atoms with E-state index in [9.17, 15) is 4.21 Å². The van der Waals surface area contributed by atoms with Crippen molar-refractivity contribution in [3.05, 3.63) is 29.8 Å². The van der Waals surface area contributed by atoms with Gasteiger partial charge in [0.15, 0.2) is 0 Å². The van der Waals surface area contributed by atoms with Gasteiger partial charge in [-0.2, -0.15) is 0 Å². The van der Waals surface area contributed by atoms with Crippen LogP contribution in [0.3, 0.4) is 0 Å². The van der Waals surface area contributed by atoms with Gasteiger partial charge in [0.1, 0.15) is 0 Å². The monoisotopic (exact) mass is 179 g/mol. The lowest BCUT2D eigenvalue weighted by Crippen LogP contribution is -1.99. The molecule has 1 unspecified atom stereocenters. The Balaban J connectivity index is 2.56. The van der Waals surface area contributed by atoms with Gasteiger partial charge in [-0.15, -0.1) is 0 Å². The van der Waals surface area contributed by atoms with Gasteiger partial charge in [0.25, 0.3) is 0 Å². The second-order valence-electron chi connectivity index (χ2n) is 2.62. The van der Waals surface area contributed by atoms with Gasteiger partial charge in [-0.3, -0.25) is 9.20 Å². The third-order valence-corrected chi connectivity index (χ3v) is 3.22. The van der Waals surface area contributed by atoms with Crippen LogP contribution in [-0.4, -0.2) is 22.7 Å². The number of aliphatic imine (C=N–C) groups is 1. The standard InChI is InChI=1S/C9H9NOS/c11-12-6-5-10-7-8-3-1-2-4-9(8)12/h1-4,7H,5-6H2. The quantitative estimate of drug-likeness (QED) is 0.589. The van der Waals surface area contributed by atoms with E-state index in [-0.39, 0.29) is 0 Å². The molecule has 0 radical (unpaired) electrons. The van der Waals surface area contributed by atoms with Crippen molar-refractivity contribution in [1.29, 1.82) is 0 Å². The minimum absolute atomic E-state index is 0.646. The van der Waals surface area contributed by atoms with Crippen LogP contribution in [0.2, 0.25) is 0 Å². The van der Waals surface area contributed by atoms with Crippen LogP contribution in [0, 0.1) is 0 Å². The Kier molecular flexibility index (Phi) is 2.04. The summed E-state index contributed by atoms with van der Waals surface area (Å²) in [4.78, 5) is 5.06. The van der Waals surface area contributed by atoms with Gasteiger partial charge in [0.2, 0.25) is 0 Å². The highest BCUT2D eigenvalue weighted by Gasteiger charge is 2.09. The molecule has 1 aliphatic heterocycles. The topological polar surface area (TPSA) is 29.4 Å². The highest BCUT2D eigenvalue weighted by atomic mass is 32.2. The first kappa shape index (κ1) is 7.68. The van der Waals surface area contributed by atoms with E-state index >= 15 is 0 Å². The zero-order chi connectivity index (χ0) is 8.39. The minimum atomic E-state index is -0.858. The Labute approximate surface area is 73.8 Å². The van der Waals surface area contributed by atoms with Crippen LogP contribution in [0.5, 0.6) is 0 Å². The van der Waals surface area contributed by atoms with Gasteiger partial charge < -0.3 is 0 Å². The molecule has 12 heavy (non-hydrogen) atoms. The molecule has 1 atom stereocenters. The molecule has 1 aliphatic rings. The molecule has 0 amide bonds. The number of fused-ring (bicyclic) bond motifs is 1. The molecule has 1 aromatic rings. The van der Waals surface area contributed by atoms with Crippen molar-refractivity contribution in [2.75, 3.05) is 12.3 Å². The van der Waals surface area contributed by atoms with Gasteiger partial charge in [-0.1, -0.05) is 18.2 Å². The summed E-state index contributed by atoms with van der Waals surface area (Å²) < 4.78 is 11.5. The molecule has 0 aliphatic carbocycles. The van der Waals surface area contributed by atoms with Gasteiger partial charge in [0.05, 0.1) is 17.3 Å². The van der Waals surface area contributed by atoms with Crippen LogP contribution in [-0.2, 0) is 10.8 Å². The van der Waals surface area contributed by atoms with Crippen molar-refractivity contribution < 1.29 is 4.21 Å². The van der Waals surface area contributed by atoms with E-state index in [1.807, 2.05) is 24.3 Å². The molecule has 0 bridgehead atoms. The van der Waals surface area contributed by atoms with Crippen LogP contribution in [0.1, 0.15) is 5.56 Å². The zero-order valence-electron chi connectivity index (χ0n) is 6.56. The number of benzene rings is 1. The van der Waals surface area contributed by atoms with Crippen LogP contribution < -0.4 is 0 Å². The highest BCUT2D eigenvalue weighted by molar-refractivity contribution is 7.85. The summed E-state index contributed by atoms with van der Waals surface area (Å²) in [5.74, 6) is 0.646. The summed E-state index contributed by atoms with van der Waals surface area (Å²) in [6, 6.07) is 7.70. The van der Waals surface area contributed by atoms with Gasteiger partial charge >= 0.3 is 0 Å². The van der Waals surface area contributed by atoms with E-state index < -0.39 is 10.8 Å². The average Bonchev–Trinajstić information content (AvgIpc) is 2.29. The maximum atomic E-state index is 11.5. The Hall–Kier alpha value is -0.960. The molecule has 62 valence electrons. The lowest BCUT2D eigenvalue weighted by molar-refractivity contribution is 0.683. The molecule has 1 heterocycles. The first-order chi connectivity index (χ1) is 5.88. The smallest absolute Gasteiger partial charge is 0.0554 e. The van der Waals surface area contributed by atoms with Crippen LogP contribution in [0.4, 0.5) is 0 Å². The molecule has 1 aromatic carbocycles. The largest absolute Gasteiger partial charge is 0.292 e. The van der Waals surface area contributed by atoms with Crippen LogP contribution >= 0.6 is 0 Å². The molecule has 3 heteroatoms. The molecule has 0 saturated carbocycles. The van der Waals surface area contributed by atoms with Crippen LogP contribution in [0.15, 0.2) is 34.2 Å². The second-order valence-corrected chi connectivity index (χ2v) is 4.16. The molecular weight excluding hydrogens is 170 g/mol. The predicted molar refractivity (Wildman–Crippen MR) is 50.2 cm³/mol. The summed E-state index contributed by atoms with van der Waals surface area (Å²) in [5.41, 5.74) is 0.994. The van der Waals surface area contributed by atoms with E-state index in [0.29, 0.717) is 12.3 Å². The average molecular weight is 179 g/mol. The summed E-state index contributed by atoms with van der Waals surface area (Å²) in [7, 11) is -0.858. The Morgan fingerprint density at radius 2 is 2.17 bits per heavy atom. The van der Waals surface area contributed by atoms with Gasteiger partial charge in [-0.25, -0.2) is 0 Å². The molecule has 0 N–H and O–H groups in total. The Bertz CT molecular complexity index is 346. The predicted octanol–water partition coefficient (Wildman–Crippen LogP) is 1.23. The zero-order valence-corrected chi connectivity index (χ0v) is 7.38.